The highest BCUT2D eigenvalue weighted by molar-refractivity contribution is 7.14. The lowest BCUT2D eigenvalue weighted by molar-refractivity contribution is -0.145. The van der Waals surface area contributed by atoms with Crippen molar-refractivity contribution in [1.29, 1.82) is 0 Å². The maximum atomic E-state index is 12.4. The molecule has 0 radical (unpaired) electrons. The van der Waals surface area contributed by atoms with Crippen LogP contribution in [-0.2, 0) is 20.9 Å². The Hall–Kier alpha value is -3.19. The number of rotatable bonds is 8. The Morgan fingerprint density at radius 2 is 1.84 bits per heavy atom. The first-order chi connectivity index (χ1) is 15.3. The maximum absolute atomic E-state index is 12.4. The molecular weight excluding hydrogens is 424 g/mol. The molecule has 3 rings (SSSR count). The number of amides is 1. The Balaban J connectivity index is 1.57. The predicted octanol–water partition coefficient (Wildman–Crippen LogP) is 5.57. The van der Waals surface area contributed by atoms with E-state index in [9.17, 15) is 9.59 Å². The third-order valence-electron chi connectivity index (χ3n) is 5.15. The number of aromatic nitrogens is 1. The van der Waals surface area contributed by atoms with Crippen LogP contribution >= 0.6 is 11.3 Å². The number of esters is 1. The molecule has 0 spiro atoms. The van der Waals surface area contributed by atoms with Crippen molar-refractivity contribution in [2.75, 3.05) is 11.5 Å². The van der Waals surface area contributed by atoms with Gasteiger partial charge in [-0.15, -0.1) is 11.3 Å². The fourth-order valence-electron chi connectivity index (χ4n) is 3.18. The fourth-order valence-corrected chi connectivity index (χ4v) is 4.05. The van der Waals surface area contributed by atoms with Gasteiger partial charge in [0.25, 0.3) is 0 Å². The fraction of sp³-hybridized carbons (Fsp3) is 0.320. The van der Waals surface area contributed by atoms with Gasteiger partial charge in [0, 0.05) is 12.3 Å². The lowest BCUT2D eigenvalue weighted by Gasteiger charge is -2.21. The minimum atomic E-state index is -0.359. The molecule has 1 heterocycles. The number of carbonyl (C=O) groups is 2. The van der Waals surface area contributed by atoms with E-state index in [1.54, 1.807) is 10.3 Å². The van der Waals surface area contributed by atoms with Gasteiger partial charge in [-0.3, -0.25) is 14.5 Å². The monoisotopic (exact) mass is 452 g/mol. The number of hydrogen-bond donors (Lipinski definition) is 0. The van der Waals surface area contributed by atoms with Gasteiger partial charge in [-0.25, -0.2) is 4.98 Å². The molecule has 0 fully saturated rings. The first kappa shape index (κ1) is 23.5. The molecule has 168 valence electrons. The van der Waals surface area contributed by atoms with E-state index < -0.39 is 0 Å². The summed E-state index contributed by atoms with van der Waals surface area (Å²) < 4.78 is 11.1. The van der Waals surface area contributed by atoms with Crippen molar-refractivity contribution in [2.24, 2.45) is 0 Å². The molecule has 32 heavy (non-hydrogen) atoms. The normalized spacial score (nSPS) is 10.7. The molecule has 6 nitrogen and oxygen atoms in total. The summed E-state index contributed by atoms with van der Waals surface area (Å²) in [5.74, 6) is 0.292. The second-order valence-corrected chi connectivity index (χ2v) is 8.56. The first-order valence-corrected chi connectivity index (χ1v) is 11.3. The van der Waals surface area contributed by atoms with E-state index in [1.165, 1.54) is 18.3 Å². The highest BCUT2D eigenvalue weighted by Gasteiger charge is 2.20. The van der Waals surface area contributed by atoms with Gasteiger partial charge in [0.2, 0.25) is 5.91 Å². The molecule has 0 aliphatic heterocycles. The number of anilines is 2. The summed E-state index contributed by atoms with van der Waals surface area (Å²) in [4.78, 5) is 30.6. The van der Waals surface area contributed by atoms with Crippen molar-refractivity contribution in [3.8, 4) is 5.75 Å². The van der Waals surface area contributed by atoms with E-state index in [-0.39, 0.29) is 31.5 Å². The number of benzene rings is 2. The van der Waals surface area contributed by atoms with Crippen molar-refractivity contribution in [3.63, 3.8) is 0 Å². The number of ether oxygens (including phenoxy) is 2. The van der Waals surface area contributed by atoms with Crippen LogP contribution in [0.4, 0.5) is 10.8 Å². The number of aryl methyl sites for hydroxylation is 3. The van der Waals surface area contributed by atoms with Gasteiger partial charge in [-0.1, -0.05) is 24.3 Å². The van der Waals surface area contributed by atoms with Crippen LogP contribution in [0.15, 0.2) is 41.8 Å². The minimum Gasteiger partial charge on any atom is -0.493 e. The molecule has 0 aliphatic rings. The van der Waals surface area contributed by atoms with E-state index in [2.05, 4.69) is 4.98 Å². The summed E-state index contributed by atoms with van der Waals surface area (Å²) in [6, 6.07) is 11.8. The molecule has 0 bridgehead atoms. The zero-order valence-electron chi connectivity index (χ0n) is 19.1. The van der Waals surface area contributed by atoms with Gasteiger partial charge in [-0.2, -0.15) is 0 Å². The van der Waals surface area contributed by atoms with Crippen LogP contribution in [0.2, 0.25) is 0 Å². The Morgan fingerprint density at radius 3 is 2.59 bits per heavy atom. The number of carbonyl (C=O) groups excluding carboxylic acids is 2. The van der Waals surface area contributed by atoms with Crippen molar-refractivity contribution in [2.45, 2.75) is 47.6 Å². The van der Waals surface area contributed by atoms with Gasteiger partial charge in [-0.05, 0) is 62.1 Å². The van der Waals surface area contributed by atoms with Gasteiger partial charge >= 0.3 is 5.97 Å². The quantitative estimate of drug-likeness (QED) is 0.418. The van der Waals surface area contributed by atoms with Crippen molar-refractivity contribution in [1.82, 2.24) is 4.98 Å². The molecule has 0 unspecified atom stereocenters. The predicted molar refractivity (Wildman–Crippen MR) is 127 cm³/mol. The van der Waals surface area contributed by atoms with E-state index in [1.807, 2.05) is 64.1 Å². The van der Waals surface area contributed by atoms with Gasteiger partial charge in [0.15, 0.2) is 5.13 Å². The van der Waals surface area contributed by atoms with Crippen LogP contribution in [0.3, 0.4) is 0 Å². The van der Waals surface area contributed by atoms with Crippen molar-refractivity contribution < 1.29 is 19.1 Å². The molecule has 0 saturated heterocycles. The largest absolute Gasteiger partial charge is 0.493 e. The van der Waals surface area contributed by atoms with Crippen molar-refractivity contribution >= 4 is 34.0 Å². The molecule has 2 aromatic carbocycles. The number of thiazole rings is 1. The van der Waals surface area contributed by atoms with E-state index in [0.29, 0.717) is 10.8 Å². The minimum absolute atomic E-state index is 0.0529. The maximum Gasteiger partial charge on any atom is 0.309 e. The second-order valence-electron chi connectivity index (χ2n) is 7.72. The smallest absolute Gasteiger partial charge is 0.309 e. The average Bonchev–Trinajstić information content (AvgIpc) is 3.20. The first-order valence-electron chi connectivity index (χ1n) is 10.4. The number of hydrogen-bond acceptors (Lipinski definition) is 6. The molecule has 3 aromatic rings. The molecule has 0 aliphatic carbocycles. The van der Waals surface area contributed by atoms with Crippen molar-refractivity contribution in [3.05, 3.63) is 69.7 Å². The summed E-state index contributed by atoms with van der Waals surface area (Å²) in [5, 5.41) is 2.35. The van der Waals surface area contributed by atoms with Crippen LogP contribution in [0, 0.1) is 27.7 Å². The lowest BCUT2D eigenvalue weighted by atomic mass is 10.1. The molecule has 7 heteroatoms. The van der Waals surface area contributed by atoms with Crippen LogP contribution < -0.4 is 9.64 Å². The Morgan fingerprint density at radius 1 is 1.06 bits per heavy atom. The van der Waals surface area contributed by atoms with Gasteiger partial charge in [0.1, 0.15) is 12.4 Å². The summed E-state index contributed by atoms with van der Waals surface area (Å²) in [6.45, 7) is 9.77. The molecule has 1 amide bonds. The topological polar surface area (TPSA) is 68.7 Å². The van der Waals surface area contributed by atoms with Crippen LogP contribution in [-0.4, -0.2) is 23.5 Å². The van der Waals surface area contributed by atoms with Crippen LogP contribution in [0.1, 0.15) is 41.3 Å². The third kappa shape index (κ3) is 5.73. The van der Waals surface area contributed by atoms with E-state index >= 15 is 0 Å². The highest BCUT2D eigenvalue weighted by atomic mass is 32.1. The summed E-state index contributed by atoms with van der Waals surface area (Å²) in [7, 11) is 0. The Bertz CT molecular complexity index is 1120. The summed E-state index contributed by atoms with van der Waals surface area (Å²) >= 11 is 1.34. The Kier molecular flexibility index (Phi) is 7.64. The molecule has 0 saturated carbocycles. The molecular formula is C25H28N2O4S. The highest BCUT2D eigenvalue weighted by Crippen LogP contribution is 2.32. The third-order valence-corrected chi connectivity index (χ3v) is 6.03. The van der Waals surface area contributed by atoms with Gasteiger partial charge in [0.05, 0.1) is 24.4 Å². The molecule has 0 atom stereocenters. The lowest BCUT2D eigenvalue weighted by Crippen LogP contribution is -2.23. The second kappa shape index (κ2) is 10.4. The zero-order valence-corrected chi connectivity index (χ0v) is 19.9. The van der Waals surface area contributed by atoms with E-state index in [4.69, 9.17) is 9.47 Å². The van der Waals surface area contributed by atoms with Crippen LogP contribution in [0.5, 0.6) is 5.75 Å². The van der Waals surface area contributed by atoms with Crippen LogP contribution in [0.25, 0.3) is 0 Å². The summed E-state index contributed by atoms with van der Waals surface area (Å²) in [5.41, 5.74) is 5.66. The number of nitrogens with zero attached hydrogens (tertiary/aromatic N) is 2. The van der Waals surface area contributed by atoms with Gasteiger partial charge < -0.3 is 9.47 Å². The summed E-state index contributed by atoms with van der Waals surface area (Å²) in [6.07, 6.45) is 0.145. The average molecular weight is 453 g/mol. The standard InChI is InChI=1S/C25H28N2O4S/c1-16-9-10-18(3)23(13-16)30-12-11-24(29)31-14-21-15-32-25(26-21)27(20(5)28)22-8-6-7-17(2)19(22)4/h6-10,13,15H,11-12,14H2,1-5H3. The Labute approximate surface area is 192 Å². The molecule has 1 aromatic heterocycles. The SMILES string of the molecule is CC(=O)N(c1nc(COC(=O)CCOc2cc(C)ccc2C)cs1)c1cccc(C)c1C. The van der Waals surface area contributed by atoms with E-state index in [0.717, 1.165) is 33.7 Å². The zero-order chi connectivity index (χ0) is 23.3. The molecule has 0 N–H and O–H groups in total.